The molecule has 0 unspecified atom stereocenters. The molecule has 0 aliphatic carbocycles. The second-order valence-electron chi connectivity index (χ2n) is 6.53. The van der Waals surface area contributed by atoms with E-state index >= 15 is 0 Å². The summed E-state index contributed by atoms with van der Waals surface area (Å²) < 4.78 is 0. The molecule has 1 aromatic carbocycles. The zero-order valence-electron chi connectivity index (χ0n) is 15.7. The Morgan fingerprint density at radius 1 is 1.22 bits per heavy atom. The molecule has 27 heavy (non-hydrogen) atoms. The SMILES string of the molecule is C=CC(=O)N1CCCCC1.CNc1cnc2[nH]cc(-c3ccccc3)c2c1. The third-order valence-electron chi connectivity index (χ3n) is 4.75. The van der Waals surface area contributed by atoms with Crippen molar-refractivity contribution in [1.82, 2.24) is 14.9 Å². The van der Waals surface area contributed by atoms with Crippen LogP contribution in [0.5, 0.6) is 0 Å². The van der Waals surface area contributed by atoms with Crippen LogP contribution in [0.1, 0.15) is 19.3 Å². The number of fused-ring (bicyclic) bond motifs is 1. The van der Waals surface area contributed by atoms with Gasteiger partial charge in [-0.3, -0.25) is 4.79 Å². The van der Waals surface area contributed by atoms with E-state index in [0.717, 1.165) is 42.7 Å². The maximum absolute atomic E-state index is 11.0. The van der Waals surface area contributed by atoms with Crippen LogP contribution < -0.4 is 5.32 Å². The molecule has 2 N–H and O–H groups in total. The number of carbonyl (C=O) groups excluding carboxylic acids is 1. The lowest BCUT2D eigenvalue weighted by Gasteiger charge is -2.25. The Labute approximate surface area is 160 Å². The average molecular weight is 362 g/mol. The van der Waals surface area contributed by atoms with E-state index in [1.807, 2.05) is 42.5 Å². The summed E-state index contributed by atoms with van der Waals surface area (Å²) in [7, 11) is 1.90. The minimum atomic E-state index is 0.0831. The number of rotatable bonds is 3. The van der Waals surface area contributed by atoms with Gasteiger partial charge in [0, 0.05) is 37.3 Å². The predicted octanol–water partition coefficient (Wildman–Crippen LogP) is 4.46. The molecule has 5 heteroatoms. The first kappa shape index (κ1) is 18.7. The standard InChI is InChI=1S/C14H13N3.C8H13NO/c1-15-11-7-12-13(9-17-14(12)16-8-11)10-5-3-2-4-6-10;1-2-8(10)9-6-4-3-5-7-9/h2-9,15H,1H3,(H,16,17);2H,1,3-7H2. The fourth-order valence-corrected chi connectivity index (χ4v) is 3.24. The molecule has 0 atom stereocenters. The first-order chi connectivity index (χ1) is 13.2. The smallest absolute Gasteiger partial charge is 0.245 e. The highest BCUT2D eigenvalue weighted by Gasteiger charge is 2.12. The van der Waals surface area contributed by atoms with E-state index in [0.29, 0.717) is 0 Å². The summed E-state index contributed by atoms with van der Waals surface area (Å²) in [4.78, 5) is 20.4. The van der Waals surface area contributed by atoms with E-state index in [-0.39, 0.29) is 5.91 Å². The number of amides is 1. The number of carbonyl (C=O) groups is 1. The normalized spacial score (nSPS) is 13.6. The number of hydrogen-bond donors (Lipinski definition) is 2. The summed E-state index contributed by atoms with van der Waals surface area (Å²) in [5.41, 5.74) is 4.33. The highest BCUT2D eigenvalue weighted by Crippen LogP contribution is 2.28. The lowest BCUT2D eigenvalue weighted by Crippen LogP contribution is -2.34. The number of aromatic nitrogens is 2. The molecule has 0 spiro atoms. The van der Waals surface area contributed by atoms with Crippen LogP contribution in [0.3, 0.4) is 0 Å². The van der Waals surface area contributed by atoms with Crippen molar-refractivity contribution in [3.63, 3.8) is 0 Å². The maximum Gasteiger partial charge on any atom is 0.245 e. The molecule has 0 bridgehead atoms. The Balaban J connectivity index is 0.000000180. The van der Waals surface area contributed by atoms with E-state index in [4.69, 9.17) is 0 Å². The molecule has 1 saturated heterocycles. The van der Waals surface area contributed by atoms with Gasteiger partial charge in [0.05, 0.1) is 11.9 Å². The minimum Gasteiger partial charge on any atom is -0.387 e. The van der Waals surface area contributed by atoms with Crippen LogP contribution in [-0.4, -0.2) is 40.9 Å². The van der Waals surface area contributed by atoms with E-state index in [9.17, 15) is 4.79 Å². The van der Waals surface area contributed by atoms with E-state index in [1.165, 1.54) is 23.6 Å². The van der Waals surface area contributed by atoms with E-state index < -0.39 is 0 Å². The number of nitrogens with one attached hydrogen (secondary N) is 2. The molecule has 3 aromatic rings. The Kier molecular flexibility index (Phi) is 6.26. The molecule has 1 fully saturated rings. The van der Waals surface area contributed by atoms with Gasteiger partial charge in [0.25, 0.3) is 0 Å². The van der Waals surface area contributed by atoms with Crippen molar-refractivity contribution in [2.45, 2.75) is 19.3 Å². The maximum atomic E-state index is 11.0. The van der Waals surface area contributed by atoms with Crippen molar-refractivity contribution in [1.29, 1.82) is 0 Å². The summed E-state index contributed by atoms with van der Waals surface area (Å²) in [6.07, 6.45) is 8.80. The third-order valence-corrected chi connectivity index (χ3v) is 4.75. The fourth-order valence-electron chi connectivity index (χ4n) is 3.24. The number of nitrogens with zero attached hydrogens (tertiary/aromatic N) is 2. The quantitative estimate of drug-likeness (QED) is 0.677. The molecule has 1 aliphatic heterocycles. The van der Waals surface area contributed by atoms with Crippen molar-refractivity contribution < 1.29 is 4.79 Å². The molecule has 5 nitrogen and oxygen atoms in total. The highest BCUT2D eigenvalue weighted by molar-refractivity contribution is 5.95. The molecule has 140 valence electrons. The largest absolute Gasteiger partial charge is 0.387 e. The van der Waals surface area contributed by atoms with Gasteiger partial charge in [-0.25, -0.2) is 4.98 Å². The lowest BCUT2D eigenvalue weighted by atomic mass is 10.1. The minimum absolute atomic E-state index is 0.0831. The molecular weight excluding hydrogens is 336 g/mol. The van der Waals surface area contributed by atoms with Gasteiger partial charge in [0.1, 0.15) is 5.65 Å². The van der Waals surface area contributed by atoms with Crippen LogP contribution in [0.15, 0.2) is 61.4 Å². The lowest BCUT2D eigenvalue weighted by molar-refractivity contribution is -0.126. The van der Waals surface area contributed by atoms with Gasteiger partial charge in [-0.1, -0.05) is 36.9 Å². The Hall–Kier alpha value is -3.08. The summed E-state index contributed by atoms with van der Waals surface area (Å²) >= 11 is 0. The zero-order chi connectivity index (χ0) is 19.1. The van der Waals surface area contributed by atoms with E-state index in [1.54, 1.807) is 0 Å². The molecular formula is C22H26N4O. The molecule has 3 heterocycles. The Morgan fingerprint density at radius 2 is 1.96 bits per heavy atom. The van der Waals surface area contributed by atoms with Crippen LogP contribution in [0.2, 0.25) is 0 Å². The van der Waals surface area contributed by atoms with Crippen LogP contribution in [0, 0.1) is 0 Å². The van der Waals surface area contributed by atoms with Gasteiger partial charge in [-0.15, -0.1) is 0 Å². The van der Waals surface area contributed by atoms with Gasteiger partial charge >= 0.3 is 0 Å². The first-order valence-corrected chi connectivity index (χ1v) is 9.34. The van der Waals surface area contributed by atoms with Crippen molar-refractivity contribution in [2.75, 3.05) is 25.5 Å². The molecule has 4 rings (SSSR count). The number of aromatic amines is 1. The van der Waals surface area contributed by atoms with Gasteiger partial charge in [-0.2, -0.15) is 0 Å². The molecule has 1 aliphatic rings. The number of hydrogen-bond acceptors (Lipinski definition) is 3. The van der Waals surface area contributed by atoms with Crippen molar-refractivity contribution in [3.8, 4) is 11.1 Å². The van der Waals surface area contributed by atoms with Crippen molar-refractivity contribution >= 4 is 22.6 Å². The Morgan fingerprint density at radius 3 is 2.63 bits per heavy atom. The summed E-state index contributed by atoms with van der Waals surface area (Å²) in [6, 6.07) is 12.4. The number of piperidine rings is 1. The van der Waals surface area contributed by atoms with Gasteiger partial charge in [-0.05, 0) is 37.0 Å². The van der Waals surface area contributed by atoms with Crippen molar-refractivity contribution in [2.24, 2.45) is 0 Å². The monoisotopic (exact) mass is 362 g/mol. The number of pyridine rings is 1. The van der Waals surface area contributed by atoms with Gasteiger partial charge < -0.3 is 15.2 Å². The first-order valence-electron chi connectivity index (χ1n) is 9.34. The van der Waals surface area contributed by atoms with Gasteiger partial charge in [0.2, 0.25) is 5.91 Å². The van der Waals surface area contributed by atoms with Crippen molar-refractivity contribution in [3.05, 3.63) is 61.4 Å². The van der Waals surface area contributed by atoms with Crippen LogP contribution >= 0.6 is 0 Å². The summed E-state index contributed by atoms with van der Waals surface area (Å²) in [5.74, 6) is 0.0831. The fraction of sp³-hybridized carbons (Fsp3) is 0.273. The molecule has 0 saturated carbocycles. The number of anilines is 1. The van der Waals surface area contributed by atoms with Gasteiger partial charge in [0.15, 0.2) is 0 Å². The topological polar surface area (TPSA) is 61.0 Å². The number of H-pyrrole nitrogens is 1. The van der Waals surface area contributed by atoms with Crippen LogP contribution in [0.4, 0.5) is 5.69 Å². The van der Waals surface area contributed by atoms with E-state index in [2.05, 4.69) is 40.1 Å². The number of benzene rings is 1. The predicted molar refractivity (Wildman–Crippen MR) is 112 cm³/mol. The second kappa shape index (κ2) is 9.03. The van der Waals surface area contributed by atoms with Crippen LogP contribution in [0.25, 0.3) is 22.2 Å². The highest BCUT2D eigenvalue weighted by atomic mass is 16.2. The summed E-state index contributed by atoms with van der Waals surface area (Å²) in [5, 5.41) is 4.25. The second-order valence-corrected chi connectivity index (χ2v) is 6.53. The number of likely N-dealkylation sites (tertiary alicyclic amines) is 1. The average Bonchev–Trinajstić information content (AvgIpc) is 3.18. The molecule has 1 amide bonds. The third kappa shape index (κ3) is 4.56. The van der Waals surface area contributed by atoms with Crippen LogP contribution in [-0.2, 0) is 4.79 Å². The zero-order valence-corrected chi connectivity index (χ0v) is 15.7. The summed E-state index contributed by atoms with van der Waals surface area (Å²) in [6.45, 7) is 5.29. The molecule has 2 aromatic heterocycles. The Bertz CT molecular complexity index is 895. The molecule has 0 radical (unpaired) electrons.